The Labute approximate surface area is 198 Å². The van der Waals surface area contributed by atoms with E-state index in [1.165, 1.54) is 0 Å². The Bertz CT molecular complexity index is 1470. The molecule has 0 spiro atoms. The van der Waals surface area contributed by atoms with E-state index in [0.717, 1.165) is 44.8 Å². The van der Waals surface area contributed by atoms with Crippen molar-refractivity contribution < 1.29 is 5.11 Å². The van der Waals surface area contributed by atoms with Crippen LogP contribution in [0.5, 0.6) is 0 Å². The number of benzene rings is 2. The molecule has 0 saturated heterocycles. The number of nitrogens with zero attached hydrogens (tertiary/aromatic N) is 4. The zero-order valence-corrected chi connectivity index (χ0v) is 19.3. The number of pyridine rings is 1. The molecule has 0 amide bonds. The molecular formula is C25H20IN5O. The van der Waals surface area contributed by atoms with E-state index in [2.05, 4.69) is 64.0 Å². The standard InChI is InChI=1S/C25H20IN5O/c26-25(32)13-18(14-25)24-30-21(22-23(27)28-10-11-31(22)24)17-7-6-16-8-9-19(29-20(16)12-17)15-4-2-1-3-5-15/h1-12,18,32H,13-14H2,(H2,27,28). The molecule has 7 heteroatoms. The van der Waals surface area contributed by atoms with Crippen LogP contribution in [0.25, 0.3) is 38.9 Å². The van der Waals surface area contributed by atoms with Gasteiger partial charge in [-0.05, 0) is 47.6 Å². The Balaban J connectivity index is 1.50. The molecule has 2 aromatic carbocycles. The number of nitrogen functional groups attached to an aromatic ring is 1. The van der Waals surface area contributed by atoms with Crippen molar-refractivity contribution in [3.8, 4) is 22.5 Å². The second kappa shape index (κ2) is 7.25. The normalized spacial score (nSPS) is 20.5. The van der Waals surface area contributed by atoms with Gasteiger partial charge in [0.1, 0.15) is 26.5 Å². The topological polar surface area (TPSA) is 89.3 Å². The fraction of sp³-hybridized carbons (Fsp3) is 0.160. The Kier molecular flexibility index (Phi) is 4.44. The van der Waals surface area contributed by atoms with E-state index >= 15 is 0 Å². The first-order valence-electron chi connectivity index (χ1n) is 10.5. The summed E-state index contributed by atoms with van der Waals surface area (Å²) < 4.78 is 1.36. The van der Waals surface area contributed by atoms with E-state index in [4.69, 9.17) is 15.7 Å². The van der Waals surface area contributed by atoms with Gasteiger partial charge in [-0.1, -0.05) is 48.5 Å². The number of alkyl halides is 1. The maximum Gasteiger partial charge on any atom is 0.150 e. The minimum Gasteiger partial charge on any atom is -0.382 e. The maximum absolute atomic E-state index is 10.2. The number of fused-ring (bicyclic) bond motifs is 2. The lowest BCUT2D eigenvalue weighted by atomic mass is 9.82. The van der Waals surface area contributed by atoms with Crippen molar-refractivity contribution in [2.75, 3.05) is 5.73 Å². The Hall–Kier alpha value is -3.04. The van der Waals surface area contributed by atoms with Gasteiger partial charge in [0.05, 0.1) is 11.2 Å². The molecule has 1 aliphatic rings. The summed E-state index contributed by atoms with van der Waals surface area (Å²) in [5.41, 5.74) is 11.8. The first kappa shape index (κ1) is 19.6. The quantitative estimate of drug-likeness (QED) is 0.246. The summed E-state index contributed by atoms with van der Waals surface area (Å²) in [5.74, 6) is 1.54. The van der Waals surface area contributed by atoms with Gasteiger partial charge in [-0.3, -0.25) is 4.40 Å². The van der Waals surface area contributed by atoms with Crippen molar-refractivity contribution in [3.05, 3.63) is 78.9 Å². The van der Waals surface area contributed by atoms with E-state index in [-0.39, 0.29) is 5.92 Å². The monoisotopic (exact) mass is 533 g/mol. The van der Waals surface area contributed by atoms with E-state index in [0.29, 0.717) is 18.7 Å². The van der Waals surface area contributed by atoms with Crippen LogP contribution in [-0.4, -0.2) is 28.1 Å². The zero-order chi connectivity index (χ0) is 21.9. The molecule has 158 valence electrons. The van der Waals surface area contributed by atoms with Crippen molar-refractivity contribution >= 4 is 44.8 Å². The number of imidazole rings is 1. The van der Waals surface area contributed by atoms with Crippen LogP contribution in [0, 0.1) is 0 Å². The van der Waals surface area contributed by atoms with E-state index in [1.807, 2.05) is 34.9 Å². The first-order valence-corrected chi connectivity index (χ1v) is 11.6. The summed E-state index contributed by atoms with van der Waals surface area (Å²) in [4.78, 5) is 14.2. The van der Waals surface area contributed by atoms with Crippen molar-refractivity contribution in [1.29, 1.82) is 0 Å². The van der Waals surface area contributed by atoms with Gasteiger partial charge in [-0.25, -0.2) is 15.0 Å². The largest absolute Gasteiger partial charge is 0.382 e. The third kappa shape index (κ3) is 3.23. The molecule has 0 atom stereocenters. The van der Waals surface area contributed by atoms with E-state index < -0.39 is 3.61 Å². The average molecular weight is 533 g/mol. The Morgan fingerprint density at radius 2 is 1.78 bits per heavy atom. The fourth-order valence-corrected chi connectivity index (χ4v) is 5.55. The zero-order valence-electron chi connectivity index (χ0n) is 17.1. The van der Waals surface area contributed by atoms with E-state index in [1.54, 1.807) is 6.20 Å². The summed E-state index contributed by atoms with van der Waals surface area (Å²) in [6.45, 7) is 0. The number of hydrogen-bond acceptors (Lipinski definition) is 5. The Morgan fingerprint density at radius 3 is 2.56 bits per heavy atom. The van der Waals surface area contributed by atoms with E-state index in [9.17, 15) is 5.11 Å². The summed E-state index contributed by atoms with van der Waals surface area (Å²) in [6.07, 6.45) is 4.94. The van der Waals surface area contributed by atoms with Crippen LogP contribution in [0.3, 0.4) is 0 Å². The van der Waals surface area contributed by atoms with Gasteiger partial charge in [0.2, 0.25) is 0 Å². The van der Waals surface area contributed by atoms with Crippen molar-refractivity contribution in [1.82, 2.24) is 19.4 Å². The molecule has 32 heavy (non-hydrogen) atoms. The molecule has 3 aromatic heterocycles. The number of aromatic nitrogens is 4. The number of halogens is 1. The molecule has 6 rings (SSSR count). The summed E-state index contributed by atoms with van der Waals surface area (Å²) in [5, 5.41) is 11.3. The van der Waals surface area contributed by atoms with Crippen molar-refractivity contribution in [2.45, 2.75) is 22.4 Å². The fourth-order valence-electron chi connectivity index (χ4n) is 4.49. The smallest absolute Gasteiger partial charge is 0.150 e. The third-order valence-electron chi connectivity index (χ3n) is 6.13. The van der Waals surface area contributed by atoms with Crippen molar-refractivity contribution in [3.63, 3.8) is 0 Å². The lowest BCUT2D eigenvalue weighted by Gasteiger charge is -2.38. The number of hydrogen-bond donors (Lipinski definition) is 2. The highest BCUT2D eigenvalue weighted by Gasteiger charge is 2.43. The highest BCUT2D eigenvalue weighted by molar-refractivity contribution is 14.1. The van der Waals surface area contributed by atoms with Crippen molar-refractivity contribution in [2.24, 2.45) is 0 Å². The number of rotatable bonds is 3. The predicted molar refractivity (Wildman–Crippen MR) is 135 cm³/mol. The van der Waals surface area contributed by atoms with Gasteiger partial charge in [0.15, 0.2) is 0 Å². The van der Waals surface area contributed by atoms with Gasteiger partial charge in [-0.2, -0.15) is 0 Å². The van der Waals surface area contributed by atoms with Crippen LogP contribution < -0.4 is 5.73 Å². The molecular weight excluding hydrogens is 513 g/mol. The molecule has 0 bridgehead atoms. The van der Waals surface area contributed by atoms with Gasteiger partial charge in [0.25, 0.3) is 0 Å². The molecule has 6 nitrogen and oxygen atoms in total. The van der Waals surface area contributed by atoms with Crippen LogP contribution in [0.2, 0.25) is 0 Å². The van der Waals surface area contributed by atoms with Gasteiger partial charge in [-0.15, -0.1) is 0 Å². The lowest BCUT2D eigenvalue weighted by molar-refractivity contribution is 0.0539. The first-order chi connectivity index (χ1) is 15.5. The lowest BCUT2D eigenvalue weighted by Crippen LogP contribution is -2.37. The molecule has 3 heterocycles. The molecule has 0 unspecified atom stereocenters. The maximum atomic E-state index is 10.2. The third-order valence-corrected chi connectivity index (χ3v) is 7.01. The summed E-state index contributed by atoms with van der Waals surface area (Å²) >= 11 is 2.11. The van der Waals surface area contributed by atoms with Crippen LogP contribution in [0.4, 0.5) is 5.82 Å². The highest BCUT2D eigenvalue weighted by atomic mass is 127. The number of aliphatic hydroxyl groups is 1. The van der Waals surface area contributed by atoms with Gasteiger partial charge in [0, 0.05) is 34.8 Å². The molecule has 5 aromatic rings. The predicted octanol–water partition coefficient (Wildman–Crippen LogP) is 5.19. The molecule has 3 N–H and O–H groups in total. The Morgan fingerprint density at radius 1 is 1.00 bits per heavy atom. The summed E-state index contributed by atoms with van der Waals surface area (Å²) in [7, 11) is 0. The van der Waals surface area contributed by atoms with Crippen LogP contribution in [0.1, 0.15) is 24.6 Å². The molecule has 0 radical (unpaired) electrons. The molecule has 0 aliphatic heterocycles. The van der Waals surface area contributed by atoms with Crippen LogP contribution >= 0.6 is 22.6 Å². The minimum absolute atomic E-state index is 0.184. The molecule has 1 aliphatic carbocycles. The van der Waals surface area contributed by atoms with Gasteiger partial charge >= 0.3 is 0 Å². The van der Waals surface area contributed by atoms with Crippen LogP contribution in [-0.2, 0) is 0 Å². The molecule has 1 fully saturated rings. The van der Waals surface area contributed by atoms with Crippen LogP contribution in [0.15, 0.2) is 73.1 Å². The molecule has 1 saturated carbocycles. The summed E-state index contributed by atoms with van der Waals surface area (Å²) in [6, 6.07) is 20.5. The number of nitrogens with two attached hydrogens (primary N) is 1. The number of anilines is 1. The highest BCUT2D eigenvalue weighted by Crippen LogP contribution is 2.49. The minimum atomic E-state index is -0.659. The average Bonchev–Trinajstić information content (AvgIpc) is 3.18. The second-order valence-corrected chi connectivity index (χ2v) is 10.4. The van der Waals surface area contributed by atoms with Gasteiger partial charge < -0.3 is 10.8 Å². The second-order valence-electron chi connectivity index (χ2n) is 8.34. The SMILES string of the molecule is Nc1nccn2c(C3CC(O)(I)C3)nc(-c3ccc4ccc(-c5ccccc5)nc4c3)c12.